The van der Waals surface area contributed by atoms with E-state index in [9.17, 15) is 44.4 Å². The summed E-state index contributed by atoms with van der Waals surface area (Å²) in [6.07, 6.45) is 0. The third kappa shape index (κ3) is 4.53. The Morgan fingerprint density at radius 3 is 1.38 bits per heavy atom. The minimum Gasteiger partial charge on any atom is -0.478 e. The number of aromatic carboxylic acids is 4. The Bertz CT molecular complexity index is 1250. The number of para-hydroxylation sites is 3. The normalized spacial score (nSPS) is 10.2. The van der Waals surface area contributed by atoms with Gasteiger partial charge in [0.25, 0.3) is 0 Å². The van der Waals surface area contributed by atoms with Crippen molar-refractivity contribution in [1.82, 2.24) is 0 Å². The highest BCUT2D eigenvalue weighted by Crippen LogP contribution is 2.34. The van der Waals surface area contributed by atoms with Crippen LogP contribution in [0.4, 0.5) is 21.9 Å². The largest absolute Gasteiger partial charge is 0.478 e. The Morgan fingerprint density at radius 2 is 0.971 bits per heavy atom. The molecule has 0 aliphatic carbocycles. The van der Waals surface area contributed by atoms with Crippen molar-refractivity contribution in [2.45, 2.75) is 0 Å². The highest BCUT2D eigenvalue weighted by molar-refractivity contribution is 6.17. The number of nitrogens with one attached hydrogen (secondary N) is 1. The lowest BCUT2D eigenvalue weighted by molar-refractivity contribution is 0.0678. The summed E-state index contributed by atoms with van der Waals surface area (Å²) in [7, 11) is 0. The topological polar surface area (TPSA) is 182 Å². The highest BCUT2D eigenvalue weighted by atomic mass is 16.4. The predicted molar refractivity (Wildman–Crippen MR) is 118 cm³/mol. The molecule has 11 heteroatoms. The van der Waals surface area contributed by atoms with Crippen LogP contribution in [-0.2, 0) is 0 Å². The molecular formula is C23H16N2O9. The van der Waals surface area contributed by atoms with E-state index in [4.69, 9.17) is 0 Å². The third-order valence-electron chi connectivity index (χ3n) is 4.70. The molecule has 2 amide bonds. The number of benzene rings is 3. The second-order valence-corrected chi connectivity index (χ2v) is 6.75. The maximum atomic E-state index is 13.5. The van der Waals surface area contributed by atoms with Gasteiger partial charge in [-0.3, -0.25) is 4.90 Å². The first-order valence-corrected chi connectivity index (χ1v) is 9.48. The summed E-state index contributed by atoms with van der Waals surface area (Å²) in [6, 6.07) is 12.9. The molecule has 3 rings (SSSR count). The highest BCUT2D eigenvalue weighted by Gasteiger charge is 2.30. The van der Waals surface area contributed by atoms with Gasteiger partial charge in [-0.2, -0.15) is 0 Å². The average Bonchev–Trinajstić information content (AvgIpc) is 2.79. The lowest BCUT2D eigenvalue weighted by Gasteiger charge is -2.27. The van der Waals surface area contributed by atoms with E-state index in [0.29, 0.717) is 0 Å². The summed E-state index contributed by atoms with van der Waals surface area (Å²) in [5, 5.41) is 40.5. The molecule has 3 aromatic carbocycles. The number of carboxylic acids is 4. The molecule has 11 nitrogen and oxygen atoms in total. The van der Waals surface area contributed by atoms with Crippen molar-refractivity contribution in [2.75, 3.05) is 10.2 Å². The number of urea groups is 1. The van der Waals surface area contributed by atoms with Crippen molar-refractivity contribution in [1.29, 1.82) is 0 Å². The lowest BCUT2D eigenvalue weighted by atomic mass is 10.0. The van der Waals surface area contributed by atoms with Crippen LogP contribution >= 0.6 is 0 Å². The number of amides is 2. The van der Waals surface area contributed by atoms with Gasteiger partial charge >= 0.3 is 29.9 Å². The molecule has 172 valence electrons. The van der Waals surface area contributed by atoms with Crippen LogP contribution in [0.25, 0.3) is 0 Å². The summed E-state index contributed by atoms with van der Waals surface area (Å²) in [5.74, 6) is -6.10. The van der Waals surface area contributed by atoms with Crippen LogP contribution in [0.1, 0.15) is 41.4 Å². The zero-order chi connectivity index (χ0) is 25.0. The SMILES string of the molecule is O=C(O)c1cccc(C(=O)O)c1NC(=O)N(c1ccccc1)c1c(C(=O)O)cccc1C(=O)O. The number of hydrogen-bond donors (Lipinski definition) is 5. The van der Waals surface area contributed by atoms with Gasteiger partial charge in [-0.1, -0.05) is 30.3 Å². The molecule has 0 atom stereocenters. The van der Waals surface area contributed by atoms with Crippen molar-refractivity contribution in [3.05, 3.63) is 89.0 Å². The number of carboxylic acid groups (broad SMARTS) is 4. The molecule has 5 N–H and O–H groups in total. The molecule has 0 fully saturated rings. The summed E-state index contributed by atoms with van der Waals surface area (Å²) in [5.41, 5.74) is -3.14. The van der Waals surface area contributed by atoms with E-state index < -0.39 is 63.5 Å². The van der Waals surface area contributed by atoms with Crippen molar-refractivity contribution in [2.24, 2.45) is 0 Å². The van der Waals surface area contributed by atoms with E-state index in [1.54, 1.807) is 6.07 Å². The van der Waals surface area contributed by atoms with Gasteiger partial charge < -0.3 is 25.7 Å². The predicted octanol–water partition coefficient (Wildman–Crippen LogP) is 3.85. The fourth-order valence-electron chi connectivity index (χ4n) is 3.26. The quantitative estimate of drug-likeness (QED) is 0.347. The van der Waals surface area contributed by atoms with Crippen LogP contribution in [-0.4, -0.2) is 50.3 Å². The van der Waals surface area contributed by atoms with E-state index in [2.05, 4.69) is 5.32 Å². The van der Waals surface area contributed by atoms with Crippen molar-refractivity contribution in [3.63, 3.8) is 0 Å². The van der Waals surface area contributed by atoms with E-state index in [0.717, 1.165) is 29.2 Å². The number of carbonyl (C=O) groups is 5. The molecule has 0 unspecified atom stereocenters. The first kappa shape index (κ1) is 23.5. The smallest absolute Gasteiger partial charge is 0.337 e. The molecule has 3 aromatic rings. The third-order valence-corrected chi connectivity index (χ3v) is 4.70. The Labute approximate surface area is 191 Å². The Morgan fingerprint density at radius 1 is 0.559 bits per heavy atom. The standard InChI is InChI=1S/C23H16N2O9/c26-19(27)13-8-4-9-14(20(28)29)17(13)24-23(34)25(12-6-2-1-3-7-12)18-15(21(30)31)10-5-11-16(18)22(32)33/h1-11H,(H,24,34)(H,26,27)(H,28,29)(H,30,31)(H,32,33). The second kappa shape index (κ2) is 9.53. The fourth-order valence-corrected chi connectivity index (χ4v) is 3.26. The van der Waals surface area contributed by atoms with E-state index >= 15 is 0 Å². The Balaban J connectivity index is 2.28. The minimum absolute atomic E-state index is 0.0425. The molecule has 0 saturated carbocycles. The molecule has 0 aliphatic heterocycles. The number of hydrogen-bond acceptors (Lipinski definition) is 5. The van der Waals surface area contributed by atoms with Crippen LogP contribution < -0.4 is 10.2 Å². The van der Waals surface area contributed by atoms with Crippen LogP contribution in [0.3, 0.4) is 0 Å². The summed E-state index contributed by atoms with van der Waals surface area (Å²) in [6.45, 7) is 0. The number of rotatable bonds is 7. The van der Waals surface area contributed by atoms with Crippen LogP contribution in [0.5, 0.6) is 0 Å². The molecule has 0 radical (unpaired) electrons. The molecule has 0 bridgehead atoms. The Hall–Kier alpha value is -5.19. The molecule has 0 aliphatic rings. The molecular weight excluding hydrogens is 448 g/mol. The summed E-state index contributed by atoms with van der Waals surface area (Å²) < 4.78 is 0. The second-order valence-electron chi connectivity index (χ2n) is 6.75. The van der Waals surface area contributed by atoms with Gasteiger partial charge in [0.1, 0.15) is 0 Å². The first-order chi connectivity index (χ1) is 16.1. The van der Waals surface area contributed by atoms with Crippen LogP contribution in [0, 0.1) is 0 Å². The van der Waals surface area contributed by atoms with Gasteiger partial charge in [0.05, 0.1) is 39.3 Å². The maximum absolute atomic E-state index is 13.5. The number of carbonyl (C=O) groups excluding carboxylic acids is 1. The summed E-state index contributed by atoms with van der Waals surface area (Å²) >= 11 is 0. The maximum Gasteiger partial charge on any atom is 0.337 e. The van der Waals surface area contributed by atoms with Crippen molar-refractivity contribution >= 4 is 47.0 Å². The molecule has 0 saturated heterocycles. The van der Waals surface area contributed by atoms with Gasteiger partial charge in [0.15, 0.2) is 0 Å². The van der Waals surface area contributed by atoms with Gasteiger partial charge in [-0.25, -0.2) is 24.0 Å². The fraction of sp³-hybridized carbons (Fsp3) is 0. The monoisotopic (exact) mass is 464 g/mol. The van der Waals surface area contributed by atoms with Crippen molar-refractivity contribution < 1.29 is 44.4 Å². The van der Waals surface area contributed by atoms with Gasteiger partial charge in [-0.15, -0.1) is 0 Å². The van der Waals surface area contributed by atoms with Gasteiger partial charge in [0.2, 0.25) is 0 Å². The Kier molecular flexibility index (Phi) is 6.58. The van der Waals surface area contributed by atoms with Crippen LogP contribution in [0.15, 0.2) is 66.7 Å². The van der Waals surface area contributed by atoms with Crippen molar-refractivity contribution in [3.8, 4) is 0 Å². The molecule has 34 heavy (non-hydrogen) atoms. The zero-order valence-electron chi connectivity index (χ0n) is 17.1. The summed E-state index contributed by atoms with van der Waals surface area (Å²) in [4.78, 5) is 61.3. The molecule has 0 spiro atoms. The lowest BCUT2D eigenvalue weighted by Crippen LogP contribution is -2.34. The van der Waals surface area contributed by atoms with E-state index in [1.807, 2.05) is 0 Å². The van der Waals surface area contributed by atoms with E-state index in [1.165, 1.54) is 36.4 Å². The minimum atomic E-state index is -1.53. The number of nitrogens with zero attached hydrogens (tertiary/aromatic N) is 1. The van der Waals surface area contributed by atoms with Gasteiger partial charge in [-0.05, 0) is 36.4 Å². The average molecular weight is 464 g/mol. The van der Waals surface area contributed by atoms with Crippen LogP contribution in [0.2, 0.25) is 0 Å². The number of anilines is 3. The first-order valence-electron chi connectivity index (χ1n) is 9.48. The van der Waals surface area contributed by atoms with E-state index in [-0.39, 0.29) is 5.69 Å². The zero-order valence-corrected chi connectivity index (χ0v) is 17.1. The molecule has 0 heterocycles. The van der Waals surface area contributed by atoms with Gasteiger partial charge in [0, 0.05) is 0 Å². The molecule has 0 aromatic heterocycles.